The Balaban J connectivity index is 1.70. The number of amides is 2. The summed E-state index contributed by atoms with van der Waals surface area (Å²) in [4.78, 5) is 25.9. The van der Waals surface area contributed by atoms with Crippen molar-refractivity contribution in [3.05, 3.63) is 67.9 Å². The summed E-state index contributed by atoms with van der Waals surface area (Å²) in [7, 11) is 1.52. The Morgan fingerprint density at radius 1 is 1.21 bits per heavy atom. The summed E-state index contributed by atoms with van der Waals surface area (Å²) in [6, 6.07) is 11.9. The lowest BCUT2D eigenvalue weighted by molar-refractivity contribution is -0.123. The van der Waals surface area contributed by atoms with Crippen LogP contribution in [-0.4, -0.2) is 36.3 Å². The Bertz CT molecular complexity index is 934. The van der Waals surface area contributed by atoms with Crippen LogP contribution in [0.5, 0.6) is 5.75 Å². The average Bonchev–Trinajstić information content (AvgIpc) is 2.93. The fraction of sp³-hybridized carbons (Fsp3) is 0.200. The minimum absolute atomic E-state index is 0.125. The van der Waals surface area contributed by atoms with Gasteiger partial charge in [-0.1, -0.05) is 24.3 Å². The molecule has 2 amide bonds. The highest BCUT2D eigenvalue weighted by Crippen LogP contribution is 2.33. The number of carbonyl (C=O) groups is 2. The predicted molar refractivity (Wildman–Crippen MR) is 114 cm³/mol. The molecule has 2 aromatic carbocycles. The molecule has 2 aromatic rings. The van der Waals surface area contributed by atoms with E-state index in [0.29, 0.717) is 22.8 Å². The average molecular weight is 513 g/mol. The van der Waals surface area contributed by atoms with E-state index in [4.69, 9.17) is 9.47 Å². The number of halogens is 2. The monoisotopic (exact) mass is 513 g/mol. The van der Waals surface area contributed by atoms with E-state index in [2.05, 4.69) is 22.6 Å². The van der Waals surface area contributed by atoms with Crippen LogP contribution in [-0.2, 0) is 16.1 Å². The topological polar surface area (TPSA) is 55.8 Å². The number of rotatable bonds is 7. The van der Waals surface area contributed by atoms with Crippen molar-refractivity contribution >= 4 is 51.6 Å². The number of thioether (sulfide) groups is 1. The number of methoxy groups -OCH3 is 1. The van der Waals surface area contributed by atoms with Crippen molar-refractivity contribution in [3.8, 4) is 5.75 Å². The molecule has 1 heterocycles. The first kappa shape index (κ1) is 20.8. The molecule has 0 atom stereocenters. The molecule has 0 spiro atoms. The van der Waals surface area contributed by atoms with Crippen molar-refractivity contribution in [3.63, 3.8) is 0 Å². The van der Waals surface area contributed by atoms with Gasteiger partial charge in [0, 0.05) is 12.7 Å². The van der Waals surface area contributed by atoms with Gasteiger partial charge in [-0.15, -0.1) is 0 Å². The molecule has 3 rings (SSSR count). The van der Waals surface area contributed by atoms with Gasteiger partial charge in [-0.25, -0.2) is 4.39 Å². The summed E-state index contributed by atoms with van der Waals surface area (Å²) >= 11 is 3.04. The zero-order chi connectivity index (χ0) is 20.1. The molecular formula is C20H17FINO4S. The summed E-state index contributed by atoms with van der Waals surface area (Å²) in [6.07, 6.45) is 1.68. The van der Waals surface area contributed by atoms with Gasteiger partial charge in [0.2, 0.25) is 0 Å². The molecule has 0 bridgehead atoms. The largest absolute Gasteiger partial charge is 0.488 e. The van der Waals surface area contributed by atoms with Crippen LogP contribution < -0.4 is 4.74 Å². The summed E-state index contributed by atoms with van der Waals surface area (Å²) < 4.78 is 25.2. The molecule has 0 unspecified atom stereocenters. The Hall–Kier alpha value is -1.91. The maximum Gasteiger partial charge on any atom is 0.293 e. The first-order valence-corrected chi connectivity index (χ1v) is 10.3. The highest BCUT2D eigenvalue weighted by Gasteiger charge is 2.34. The molecule has 146 valence electrons. The maximum atomic E-state index is 13.7. The summed E-state index contributed by atoms with van der Waals surface area (Å²) in [6.45, 7) is 0.663. The second-order valence-electron chi connectivity index (χ2n) is 5.90. The maximum absolute atomic E-state index is 13.7. The van der Waals surface area contributed by atoms with Crippen molar-refractivity contribution in [2.24, 2.45) is 0 Å². The first-order chi connectivity index (χ1) is 13.5. The highest BCUT2D eigenvalue weighted by atomic mass is 127. The van der Waals surface area contributed by atoms with E-state index in [1.54, 1.807) is 36.4 Å². The molecule has 0 aliphatic carbocycles. The van der Waals surface area contributed by atoms with E-state index in [-0.39, 0.29) is 30.1 Å². The molecule has 1 aliphatic rings. The van der Waals surface area contributed by atoms with E-state index >= 15 is 0 Å². The molecule has 5 nitrogen and oxygen atoms in total. The van der Waals surface area contributed by atoms with Gasteiger partial charge in [-0.2, -0.15) is 0 Å². The van der Waals surface area contributed by atoms with E-state index in [9.17, 15) is 14.0 Å². The van der Waals surface area contributed by atoms with Gasteiger partial charge in [-0.05, 0) is 64.2 Å². The molecule has 0 saturated carbocycles. The van der Waals surface area contributed by atoms with Crippen LogP contribution in [0.4, 0.5) is 9.18 Å². The molecule has 1 saturated heterocycles. The molecule has 0 radical (unpaired) electrons. The van der Waals surface area contributed by atoms with Gasteiger partial charge >= 0.3 is 0 Å². The molecule has 1 fully saturated rings. The van der Waals surface area contributed by atoms with Crippen molar-refractivity contribution in [2.75, 3.05) is 20.3 Å². The third kappa shape index (κ3) is 4.92. The van der Waals surface area contributed by atoms with Gasteiger partial charge in [0.05, 0.1) is 21.6 Å². The molecular weight excluding hydrogens is 496 g/mol. The zero-order valence-corrected chi connectivity index (χ0v) is 18.0. The van der Waals surface area contributed by atoms with Crippen molar-refractivity contribution in [1.29, 1.82) is 0 Å². The third-order valence-electron chi connectivity index (χ3n) is 3.99. The lowest BCUT2D eigenvalue weighted by Gasteiger charge is -2.11. The molecule has 0 N–H and O–H groups in total. The van der Waals surface area contributed by atoms with E-state index in [1.165, 1.54) is 18.1 Å². The van der Waals surface area contributed by atoms with Gasteiger partial charge in [0.15, 0.2) is 0 Å². The number of hydrogen-bond donors (Lipinski definition) is 0. The number of imide groups is 1. The SMILES string of the molecule is COCCN1C(=O)S/C(=C/c2ccc(OCc3ccccc3F)c(I)c2)C1=O. The van der Waals surface area contributed by atoms with Gasteiger partial charge in [-0.3, -0.25) is 14.5 Å². The quantitative estimate of drug-likeness (QED) is 0.397. The number of benzene rings is 2. The fourth-order valence-corrected chi connectivity index (χ4v) is 4.08. The van der Waals surface area contributed by atoms with Crippen LogP contribution in [0, 0.1) is 9.39 Å². The second-order valence-corrected chi connectivity index (χ2v) is 8.05. The smallest absolute Gasteiger partial charge is 0.293 e. The van der Waals surface area contributed by atoms with Crippen LogP contribution in [0.1, 0.15) is 11.1 Å². The molecule has 8 heteroatoms. The van der Waals surface area contributed by atoms with Gasteiger partial charge in [0.25, 0.3) is 11.1 Å². The van der Waals surface area contributed by atoms with Crippen LogP contribution in [0.2, 0.25) is 0 Å². The Morgan fingerprint density at radius 2 is 2.00 bits per heavy atom. The lowest BCUT2D eigenvalue weighted by atomic mass is 10.2. The fourth-order valence-electron chi connectivity index (χ4n) is 2.52. The highest BCUT2D eigenvalue weighted by molar-refractivity contribution is 14.1. The first-order valence-electron chi connectivity index (χ1n) is 8.39. The second kappa shape index (κ2) is 9.53. The van der Waals surface area contributed by atoms with Gasteiger partial charge < -0.3 is 9.47 Å². The zero-order valence-electron chi connectivity index (χ0n) is 15.0. The van der Waals surface area contributed by atoms with E-state index < -0.39 is 0 Å². The standard InChI is InChI=1S/C20H17FINO4S/c1-26-9-8-23-19(24)18(28-20(23)25)11-13-6-7-17(16(22)10-13)27-12-14-4-2-3-5-15(14)21/h2-7,10-11H,8-9,12H2,1H3/b18-11+. The summed E-state index contributed by atoms with van der Waals surface area (Å²) in [5.41, 5.74) is 1.26. The van der Waals surface area contributed by atoms with Crippen molar-refractivity contribution in [1.82, 2.24) is 4.90 Å². The van der Waals surface area contributed by atoms with Crippen LogP contribution in [0.15, 0.2) is 47.4 Å². The predicted octanol–water partition coefficient (Wildman–Crippen LogP) is 4.69. The number of carbonyl (C=O) groups excluding carboxylic acids is 2. The lowest BCUT2D eigenvalue weighted by Crippen LogP contribution is -2.31. The van der Waals surface area contributed by atoms with Crippen LogP contribution in [0.3, 0.4) is 0 Å². The third-order valence-corrected chi connectivity index (χ3v) is 5.74. The minimum atomic E-state index is -0.318. The van der Waals surface area contributed by atoms with E-state index in [0.717, 1.165) is 20.9 Å². The van der Waals surface area contributed by atoms with Gasteiger partial charge in [0.1, 0.15) is 18.2 Å². The summed E-state index contributed by atoms with van der Waals surface area (Å²) in [5.74, 6) is -0.00512. The molecule has 28 heavy (non-hydrogen) atoms. The van der Waals surface area contributed by atoms with Crippen LogP contribution in [0.25, 0.3) is 6.08 Å². The Labute approximate surface area is 180 Å². The molecule has 1 aliphatic heterocycles. The minimum Gasteiger partial charge on any atom is -0.488 e. The molecule has 0 aromatic heterocycles. The van der Waals surface area contributed by atoms with Crippen molar-refractivity contribution in [2.45, 2.75) is 6.61 Å². The Kier molecular flexibility index (Phi) is 7.08. The van der Waals surface area contributed by atoms with Crippen molar-refractivity contribution < 1.29 is 23.5 Å². The number of nitrogens with zero attached hydrogens (tertiary/aromatic N) is 1. The number of ether oxygens (including phenoxy) is 2. The normalized spacial score (nSPS) is 15.5. The summed E-state index contributed by atoms with van der Waals surface area (Å²) in [5, 5.41) is -0.298. The van der Waals surface area contributed by atoms with Crippen LogP contribution >= 0.6 is 34.4 Å². The van der Waals surface area contributed by atoms with E-state index in [1.807, 2.05) is 6.07 Å². The number of hydrogen-bond acceptors (Lipinski definition) is 5. The Morgan fingerprint density at radius 3 is 2.71 bits per heavy atom.